The van der Waals surface area contributed by atoms with Crippen LogP contribution in [0.3, 0.4) is 0 Å². The van der Waals surface area contributed by atoms with Gasteiger partial charge >= 0.3 is 0 Å². The zero-order valence-electron chi connectivity index (χ0n) is 19.8. The molecule has 0 aromatic heterocycles. The Bertz CT molecular complexity index is 1180. The molecule has 0 bridgehead atoms. The molecule has 2 nitrogen and oxygen atoms in total. The molecule has 172 valence electrons. The van der Waals surface area contributed by atoms with Crippen molar-refractivity contribution in [3.8, 4) is 11.5 Å². The molecular formula is C32H32O2. The molecule has 0 saturated carbocycles. The van der Waals surface area contributed by atoms with Crippen molar-refractivity contribution in [2.75, 3.05) is 6.61 Å². The third kappa shape index (κ3) is 5.96. The highest BCUT2D eigenvalue weighted by molar-refractivity contribution is 6.04. The van der Waals surface area contributed by atoms with Gasteiger partial charge in [0.25, 0.3) is 0 Å². The lowest BCUT2D eigenvalue weighted by Crippen LogP contribution is -1.99. The van der Waals surface area contributed by atoms with Crippen LogP contribution in [0.15, 0.2) is 109 Å². The first-order chi connectivity index (χ1) is 16.8. The molecule has 4 aromatic rings. The first-order valence-electron chi connectivity index (χ1n) is 12.1. The highest BCUT2D eigenvalue weighted by Gasteiger charge is 2.16. The van der Waals surface area contributed by atoms with Crippen molar-refractivity contribution >= 4 is 11.1 Å². The van der Waals surface area contributed by atoms with Gasteiger partial charge in [0.05, 0.1) is 6.61 Å². The lowest BCUT2D eigenvalue weighted by Gasteiger charge is -2.18. The summed E-state index contributed by atoms with van der Waals surface area (Å²) in [4.78, 5) is 0. The summed E-state index contributed by atoms with van der Waals surface area (Å²) in [6, 6.07) is 36.8. The molecule has 1 N–H and O–H groups in total. The molecule has 0 radical (unpaired) electrons. The van der Waals surface area contributed by atoms with E-state index in [0.717, 1.165) is 52.2 Å². The fraction of sp³-hybridized carbons (Fsp3) is 0.188. The highest BCUT2D eigenvalue weighted by atomic mass is 16.5. The first-order valence-corrected chi connectivity index (χ1v) is 12.1. The summed E-state index contributed by atoms with van der Waals surface area (Å²) in [6.45, 7) is 2.97. The van der Waals surface area contributed by atoms with E-state index in [1.54, 1.807) is 12.1 Å². The van der Waals surface area contributed by atoms with Gasteiger partial charge in [-0.2, -0.15) is 0 Å². The lowest BCUT2D eigenvalue weighted by molar-refractivity contribution is 0.305. The summed E-state index contributed by atoms with van der Waals surface area (Å²) in [7, 11) is 0. The second kappa shape index (κ2) is 11.9. The molecule has 0 amide bonds. The molecule has 0 fully saturated rings. The first kappa shape index (κ1) is 23.4. The van der Waals surface area contributed by atoms with Crippen molar-refractivity contribution in [2.45, 2.75) is 32.6 Å². The largest absolute Gasteiger partial charge is 0.508 e. The van der Waals surface area contributed by atoms with Gasteiger partial charge in [-0.05, 0) is 64.1 Å². The van der Waals surface area contributed by atoms with Crippen LogP contribution in [0.4, 0.5) is 0 Å². The number of phenols is 1. The van der Waals surface area contributed by atoms with E-state index < -0.39 is 0 Å². The molecule has 4 rings (SSSR count). The SMILES string of the molecule is CCCCCCOc1ccc(C(=C(c2ccccc2)c2ccc(O)cc2)c2ccccc2)cc1. The second-order valence-corrected chi connectivity index (χ2v) is 8.46. The van der Waals surface area contributed by atoms with Crippen LogP contribution in [0.2, 0.25) is 0 Å². The number of ether oxygens (including phenoxy) is 1. The third-order valence-corrected chi connectivity index (χ3v) is 5.94. The minimum Gasteiger partial charge on any atom is -0.508 e. The smallest absolute Gasteiger partial charge is 0.119 e. The Hall–Kier alpha value is -3.78. The van der Waals surface area contributed by atoms with Crippen LogP contribution in [0.5, 0.6) is 11.5 Å². The van der Waals surface area contributed by atoms with E-state index >= 15 is 0 Å². The number of phenolic OH excluding ortho intramolecular Hbond substituents is 1. The zero-order valence-corrected chi connectivity index (χ0v) is 19.8. The monoisotopic (exact) mass is 448 g/mol. The van der Waals surface area contributed by atoms with Gasteiger partial charge in [-0.3, -0.25) is 0 Å². The summed E-state index contributed by atoms with van der Waals surface area (Å²) in [5.74, 6) is 1.16. The Morgan fingerprint density at radius 3 is 1.53 bits per heavy atom. The lowest BCUT2D eigenvalue weighted by atomic mass is 9.86. The molecule has 2 heteroatoms. The average molecular weight is 449 g/mol. The number of hydrogen-bond donors (Lipinski definition) is 1. The van der Waals surface area contributed by atoms with E-state index in [1.165, 1.54) is 19.3 Å². The van der Waals surface area contributed by atoms with Gasteiger partial charge in [-0.15, -0.1) is 0 Å². The van der Waals surface area contributed by atoms with E-state index in [-0.39, 0.29) is 5.75 Å². The Morgan fingerprint density at radius 1 is 0.559 bits per heavy atom. The molecule has 34 heavy (non-hydrogen) atoms. The van der Waals surface area contributed by atoms with Crippen molar-refractivity contribution in [2.24, 2.45) is 0 Å². The second-order valence-electron chi connectivity index (χ2n) is 8.46. The van der Waals surface area contributed by atoms with Crippen LogP contribution in [0.1, 0.15) is 54.9 Å². The van der Waals surface area contributed by atoms with Gasteiger partial charge in [0.15, 0.2) is 0 Å². The predicted molar refractivity (Wildman–Crippen MR) is 142 cm³/mol. The predicted octanol–water partition coefficient (Wildman–Crippen LogP) is 8.36. The molecule has 0 saturated heterocycles. The molecule has 0 aliphatic carbocycles. The fourth-order valence-corrected chi connectivity index (χ4v) is 4.19. The van der Waals surface area contributed by atoms with Gasteiger partial charge in [-0.25, -0.2) is 0 Å². The molecule has 0 aliphatic rings. The molecular weight excluding hydrogens is 416 g/mol. The average Bonchev–Trinajstić information content (AvgIpc) is 2.89. The Balaban J connectivity index is 1.79. The van der Waals surface area contributed by atoms with E-state index in [1.807, 2.05) is 24.3 Å². The summed E-state index contributed by atoms with van der Waals surface area (Å²) in [6.07, 6.45) is 4.79. The molecule has 0 atom stereocenters. The minimum atomic E-state index is 0.262. The van der Waals surface area contributed by atoms with Crippen LogP contribution in [0, 0.1) is 0 Å². The molecule has 0 heterocycles. The Morgan fingerprint density at radius 2 is 1.03 bits per heavy atom. The summed E-state index contributed by atoms with van der Waals surface area (Å²) < 4.78 is 5.99. The summed E-state index contributed by atoms with van der Waals surface area (Å²) in [5, 5.41) is 9.90. The maximum absolute atomic E-state index is 9.90. The van der Waals surface area contributed by atoms with Gasteiger partial charge in [-0.1, -0.05) is 111 Å². The van der Waals surface area contributed by atoms with Gasteiger partial charge in [0, 0.05) is 0 Å². The van der Waals surface area contributed by atoms with Gasteiger partial charge in [0.1, 0.15) is 11.5 Å². The van der Waals surface area contributed by atoms with Crippen LogP contribution in [-0.2, 0) is 0 Å². The van der Waals surface area contributed by atoms with E-state index in [2.05, 4.69) is 79.7 Å². The van der Waals surface area contributed by atoms with Crippen LogP contribution >= 0.6 is 0 Å². The number of benzene rings is 4. The van der Waals surface area contributed by atoms with Crippen molar-refractivity contribution in [1.29, 1.82) is 0 Å². The summed E-state index contributed by atoms with van der Waals surface area (Å²) in [5.41, 5.74) is 6.72. The van der Waals surface area contributed by atoms with Crippen molar-refractivity contribution < 1.29 is 9.84 Å². The van der Waals surface area contributed by atoms with Crippen molar-refractivity contribution in [1.82, 2.24) is 0 Å². The highest BCUT2D eigenvalue weighted by Crippen LogP contribution is 2.37. The van der Waals surface area contributed by atoms with Gasteiger partial charge < -0.3 is 9.84 Å². The molecule has 4 aromatic carbocycles. The van der Waals surface area contributed by atoms with Crippen LogP contribution < -0.4 is 4.74 Å². The quantitative estimate of drug-likeness (QED) is 0.195. The Kier molecular flexibility index (Phi) is 8.18. The third-order valence-electron chi connectivity index (χ3n) is 5.94. The standard InChI is InChI=1S/C32H32O2/c1-2-3-4-11-24-34-30-22-18-28(19-23-30)32(26-14-9-6-10-15-26)31(25-12-7-5-8-13-25)27-16-20-29(33)21-17-27/h5-10,12-23,33H,2-4,11,24H2,1H3. The molecule has 0 spiro atoms. The number of aromatic hydroxyl groups is 1. The molecule has 0 unspecified atom stereocenters. The number of unbranched alkanes of at least 4 members (excludes halogenated alkanes) is 3. The Labute approximate surface area is 203 Å². The minimum absolute atomic E-state index is 0.262. The maximum atomic E-state index is 9.90. The fourth-order valence-electron chi connectivity index (χ4n) is 4.19. The summed E-state index contributed by atoms with van der Waals surface area (Å²) >= 11 is 0. The van der Waals surface area contributed by atoms with Crippen LogP contribution in [0.25, 0.3) is 11.1 Å². The molecule has 0 aliphatic heterocycles. The van der Waals surface area contributed by atoms with E-state index in [9.17, 15) is 5.11 Å². The number of hydrogen-bond acceptors (Lipinski definition) is 2. The van der Waals surface area contributed by atoms with Crippen molar-refractivity contribution in [3.05, 3.63) is 131 Å². The normalized spacial score (nSPS) is 11.7. The maximum Gasteiger partial charge on any atom is 0.119 e. The van der Waals surface area contributed by atoms with Gasteiger partial charge in [0.2, 0.25) is 0 Å². The topological polar surface area (TPSA) is 29.5 Å². The van der Waals surface area contributed by atoms with Crippen LogP contribution in [-0.4, -0.2) is 11.7 Å². The number of rotatable bonds is 10. The van der Waals surface area contributed by atoms with E-state index in [0.29, 0.717) is 0 Å². The van der Waals surface area contributed by atoms with E-state index in [4.69, 9.17) is 4.74 Å². The van der Waals surface area contributed by atoms with Crippen molar-refractivity contribution in [3.63, 3.8) is 0 Å². The zero-order chi connectivity index (χ0) is 23.6.